The van der Waals surface area contributed by atoms with Crippen LogP contribution in [0, 0.1) is 5.92 Å². The van der Waals surface area contributed by atoms with Gasteiger partial charge in [-0.3, -0.25) is 9.59 Å². The van der Waals surface area contributed by atoms with E-state index >= 15 is 0 Å². The highest BCUT2D eigenvalue weighted by Crippen LogP contribution is 2.27. The number of nitrogens with one attached hydrogen (secondary N) is 1. The van der Waals surface area contributed by atoms with Gasteiger partial charge in [-0.15, -0.1) is 0 Å². The maximum absolute atomic E-state index is 12.1. The highest BCUT2D eigenvalue weighted by atomic mass is 16.5. The van der Waals surface area contributed by atoms with Gasteiger partial charge >= 0.3 is 11.8 Å². The molecule has 0 aromatic heterocycles. The number of methoxy groups -OCH3 is 2. The maximum atomic E-state index is 12.1. The summed E-state index contributed by atoms with van der Waals surface area (Å²) in [6.07, 6.45) is 1.91. The van der Waals surface area contributed by atoms with Crippen LogP contribution in [0.2, 0.25) is 0 Å². The van der Waals surface area contributed by atoms with Crippen molar-refractivity contribution in [2.24, 2.45) is 5.92 Å². The summed E-state index contributed by atoms with van der Waals surface area (Å²) < 4.78 is 10.4. The molecule has 0 spiro atoms. The third kappa shape index (κ3) is 4.37. The molecular formula is C17H24N2O4. The van der Waals surface area contributed by atoms with Crippen LogP contribution < -0.4 is 14.8 Å². The van der Waals surface area contributed by atoms with Gasteiger partial charge in [0.15, 0.2) is 11.5 Å². The second kappa shape index (κ2) is 7.85. The minimum Gasteiger partial charge on any atom is -0.493 e. The zero-order valence-electron chi connectivity index (χ0n) is 13.9. The number of ether oxygens (including phenoxy) is 2. The number of rotatable bonds is 4. The largest absolute Gasteiger partial charge is 0.493 e. The van der Waals surface area contributed by atoms with Crippen LogP contribution in [-0.2, 0) is 16.1 Å². The number of carbonyl (C=O) groups excluding carboxylic acids is 2. The fourth-order valence-electron chi connectivity index (χ4n) is 2.60. The van der Waals surface area contributed by atoms with Crippen LogP contribution in [0.5, 0.6) is 11.5 Å². The van der Waals surface area contributed by atoms with Crippen molar-refractivity contribution >= 4 is 11.8 Å². The van der Waals surface area contributed by atoms with Crippen molar-refractivity contribution in [3.8, 4) is 11.5 Å². The molecule has 2 amide bonds. The van der Waals surface area contributed by atoms with Crippen molar-refractivity contribution in [2.75, 3.05) is 27.3 Å². The molecule has 0 unspecified atom stereocenters. The molecule has 6 heteroatoms. The van der Waals surface area contributed by atoms with E-state index < -0.39 is 11.8 Å². The first-order valence-electron chi connectivity index (χ1n) is 7.83. The van der Waals surface area contributed by atoms with Crippen molar-refractivity contribution in [1.82, 2.24) is 10.2 Å². The normalized spacial score (nSPS) is 15.2. The van der Waals surface area contributed by atoms with Crippen molar-refractivity contribution in [3.63, 3.8) is 0 Å². The van der Waals surface area contributed by atoms with E-state index in [4.69, 9.17) is 9.47 Å². The molecule has 1 N–H and O–H groups in total. The van der Waals surface area contributed by atoms with E-state index in [0.29, 0.717) is 30.5 Å². The SMILES string of the molecule is COc1ccc(CNC(=O)C(=O)N2CCC(C)CC2)cc1OC. The standard InChI is InChI=1S/C17H24N2O4/c1-12-6-8-19(9-7-12)17(21)16(20)18-11-13-4-5-14(22-2)15(10-13)23-3/h4-5,10,12H,6-9,11H2,1-3H3,(H,18,20). The molecular weight excluding hydrogens is 296 g/mol. The Morgan fingerprint density at radius 2 is 1.83 bits per heavy atom. The molecule has 1 aromatic carbocycles. The zero-order valence-corrected chi connectivity index (χ0v) is 13.9. The molecule has 1 fully saturated rings. The third-order valence-corrected chi connectivity index (χ3v) is 4.17. The summed E-state index contributed by atoms with van der Waals surface area (Å²) in [4.78, 5) is 25.8. The summed E-state index contributed by atoms with van der Waals surface area (Å²) in [5, 5.41) is 2.67. The van der Waals surface area contributed by atoms with E-state index in [9.17, 15) is 9.59 Å². The molecule has 2 rings (SSSR count). The summed E-state index contributed by atoms with van der Waals surface area (Å²) in [7, 11) is 3.12. The van der Waals surface area contributed by atoms with Gasteiger partial charge in [0.1, 0.15) is 0 Å². The van der Waals surface area contributed by atoms with Crippen LogP contribution in [0.25, 0.3) is 0 Å². The van der Waals surface area contributed by atoms with Gasteiger partial charge in [0.25, 0.3) is 0 Å². The highest BCUT2D eigenvalue weighted by Gasteiger charge is 2.25. The topological polar surface area (TPSA) is 67.9 Å². The Kier molecular flexibility index (Phi) is 5.84. The summed E-state index contributed by atoms with van der Waals surface area (Å²) in [6.45, 7) is 3.75. The molecule has 0 bridgehead atoms. The number of carbonyl (C=O) groups is 2. The predicted molar refractivity (Wildman–Crippen MR) is 86.4 cm³/mol. The Bertz CT molecular complexity index is 566. The lowest BCUT2D eigenvalue weighted by atomic mass is 9.99. The Hall–Kier alpha value is -2.24. The molecule has 1 aromatic rings. The van der Waals surface area contributed by atoms with E-state index in [1.165, 1.54) is 0 Å². The fraction of sp³-hybridized carbons (Fsp3) is 0.529. The van der Waals surface area contributed by atoms with Crippen molar-refractivity contribution < 1.29 is 19.1 Å². The van der Waals surface area contributed by atoms with Gasteiger partial charge < -0.3 is 19.7 Å². The Morgan fingerprint density at radius 1 is 1.17 bits per heavy atom. The lowest BCUT2D eigenvalue weighted by molar-refractivity contribution is -0.146. The van der Waals surface area contributed by atoms with E-state index in [1.54, 1.807) is 31.3 Å². The average molecular weight is 320 g/mol. The molecule has 1 heterocycles. The quantitative estimate of drug-likeness (QED) is 0.855. The van der Waals surface area contributed by atoms with Gasteiger partial charge in [-0.1, -0.05) is 13.0 Å². The van der Waals surface area contributed by atoms with Crippen LogP contribution in [0.4, 0.5) is 0 Å². The van der Waals surface area contributed by atoms with Crippen LogP contribution in [0.3, 0.4) is 0 Å². The zero-order chi connectivity index (χ0) is 16.8. The van der Waals surface area contributed by atoms with Gasteiger partial charge in [0, 0.05) is 19.6 Å². The van der Waals surface area contributed by atoms with Gasteiger partial charge in [-0.05, 0) is 36.5 Å². The first-order chi connectivity index (χ1) is 11.0. The van der Waals surface area contributed by atoms with E-state index in [0.717, 1.165) is 18.4 Å². The number of piperidine rings is 1. The molecule has 0 atom stereocenters. The van der Waals surface area contributed by atoms with Crippen LogP contribution in [0.15, 0.2) is 18.2 Å². The van der Waals surface area contributed by atoms with Crippen LogP contribution >= 0.6 is 0 Å². The van der Waals surface area contributed by atoms with Crippen molar-refractivity contribution in [1.29, 1.82) is 0 Å². The molecule has 6 nitrogen and oxygen atoms in total. The van der Waals surface area contributed by atoms with E-state index in [-0.39, 0.29) is 6.54 Å². The number of nitrogens with zero attached hydrogens (tertiary/aromatic N) is 1. The molecule has 1 aliphatic rings. The molecule has 0 radical (unpaired) electrons. The average Bonchev–Trinajstić information content (AvgIpc) is 2.59. The van der Waals surface area contributed by atoms with Gasteiger partial charge in [-0.25, -0.2) is 0 Å². The minimum absolute atomic E-state index is 0.273. The number of hydrogen-bond acceptors (Lipinski definition) is 4. The smallest absolute Gasteiger partial charge is 0.311 e. The summed E-state index contributed by atoms with van der Waals surface area (Å²) >= 11 is 0. The van der Waals surface area contributed by atoms with Crippen LogP contribution in [-0.4, -0.2) is 44.0 Å². The summed E-state index contributed by atoms with van der Waals surface area (Å²) in [5.41, 5.74) is 0.844. The van der Waals surface area contributed by atoms with Crippen molar-refractivity contribution in [2.45, 2.75) is 26.3 Å². The second-order valence-corrected chi connectivity index (χ2v) is 5.85. The first-order valence-corrected chi connectivity index (χ1v) is 7.83. The third-order valence-electron chi connectivity index (χ3n) is 4.17. The predicted octanol–water partition coefficient (Wildman–Crippen LogP) is 1.58. The molecule has 0 aliphatic carbocycles. The van der Waals surface area contributed by atoms with Crippen molar-refractivity contribution in [3.05, 3.63) is 23.8 Å². The Morgan fingerprint density at radius 3 is 2.43 bits per heavy atom. The molecule has 126 valence electrons. The molecule has 0 saturated carbocycles. The van der Waals surface area contributed by atoms with Gasteiger partial charge in [0.2, 0.25) is 0 Å². The summed E-state index contributed by atoms with van der Waals surface area (Å²) in [6, 6.07) is 5.38. The first kappa shape index (κ1) is 17.1. The highest BCUT2D eigenvalue weighted by molar-refractivity contribution is 6.34. The van der Waals surface area contributed by atoms with Gasteiger partial charge in [-0.2, -0.15) is 0 Å². The maximum Gasteiger partial charge on any atom is 0.311 e. The number of hydrogen-bond donors (Lipinski definition) is 1. The number of benzene rings is 1. The molecule has 1 aliphatic heterocycles. The second-order valence-electron chi connectivity index (χ2n) is 5.85. The summed E-state index contributed by atoms with van der Waals surface area (Å²) in [5.74, 6) is 0.831. The fourth-order valence-corrected chi connectivity index (χ4v) is 2.60. The van der Waals surface area contributed by atoms with E-state index in [1.807, 2.05) is 6.07 Å². The Labute approximate surface area is 136 Å². The Balaban J connectivity index is 1.90. The number of likely N-dealkylation sites (tertiary alicyclic amines) is 1. The lowest BCUT2D eigenvalue weighted by Gasteiger charge is -2.29. The van der Waals surface area contributed by atoms with Crippen LogP contribution in [0.1, 0.15) is 25.3 Å². The number of amides is 2. The minimum atomic E-state index is -0.561. The molecule has 1 saturated heterocycles. The molecule has 23 heavy (non-hydrogen) atoms. The van der Waals surface area contributed by atoms with E-state index in [2.05, 4.69) is 12.2 Å². The van der Waals surface area contributed by atoms with Gasteiger partial charge in [0.05, 0.1) is 14.2 Å². The monoisotopic (exact) mass is 320 g/mol. The lowest BCUT2D eigenvalue weighted by Crippen LogP contribution is -2.46.